The SMILES string of the molecule is O=C(O)CC1COCCN1C(=O)NCc1ccccn1. The average Bonchev–Trinajstić information content (AvgIpc) is 2.46. The Morgan fingerprint density at radius 3 is 3.05 bits per heavy atom. The minimum absolute atomic E-state index is 0.114. The van der Waals surface area contributed by atoms with Crippen molar-refractivity contribution >= 4 is 12.0 Å². The largest absolute Gasteiger partial charge is 0.481 e. The summed E-state index contributed by atoms with van der Waals surface area (Å²) in [6.07, 6.45) is 1.54. The first-order chi connectivity index (χ1) is 9.66. The number of nitrogens with one attached hydrogen (secondary N) is 1. The second-order valence-electron chi connectivity index (χ2n) is 4.50. The maximum Gasteiger partial charge on any atom is 0.318 e. The maximum atomic E-state index is 12.1. The topological polar surface area (TPSA) is 91.8 Å². The molecule has 1 aliphatic heterocycles. The van der Waals surface area contributed by atoms with Crippen LogP contribution in [0.15, 0.2) is 24.4 Å². The molecular formula is C13H17N3O4. The predicted octanol–water partition coefficient (Wildman–Crippen LogP) is 0.467. The fourth-order valence-corrected chi connectivity index (χ4v) is 2.06. The van der Waals surface area contributed by atoms with Gasteiger partial charge in [-0.15, -0.1) is 0 Å². The highest BCUT2D eigenvalue weighted by atomic mass is 16.5. The molecule has 0 saturated carbocycles. The van der Waals surface area contributed by atoms with E-state index in [1.807, 2.05) is 12.1 Å². The van der Waals surface area contributed by atoms with Crippen LogP contribution in [0.1, 0.15) is 12.1 Å². The van der Waals surface area contributed by atoms with Crippen molar-refractivity contribution < 1.29 is 19.4 Å². The lowest BCUT2D eigenvalue weighted by molar-refractivity contribution is -0.139. The van der Waals surface area contributed by atoms with Crippen LogP contribution in [0.25, 0.3) is 0 Å². The zero-order valence-corrected chi connectivity index (χ0v) is 11.0. The second kappa shape index (κ2) is 6.85. The Balaban J connectivity index is 1.90. The number of nitrogens with zero attached hydrogens (tertiary/aromatic N) is 2. The van der Waals surface area contributed by atoms with Crippen molar-refractivity contribution in [3.8, 4) is 0 Å². The number of hydrogen-bond acceptors (Lipinski definition) is 4. The number of amides is 2. The molecule has 20 heavy (non-hydrogen) atoms. The van der Waals surface area contributed by atoms with Crippen LogP contribution in [0.4, 0.5) is 4.79 Å². The van der Waals surface area contributed by atoms with Crippen LogP contribution >= 0.6 is 0 Å². The summed E-state index contributed by atoms with van der Waals surface area (Å²) in [5.74, 6) is -0.942. The monoisotopic (exact) mass is 279 g/mol. The van der Waals surface area contributed by atoms with Gasteiger partial charge in [-0.25, -0.2) is 4.79 Å². The number of carboxylic acid groups (broad SMARTS) is 1. The Morgan fingerprint density at radius 2 is 2.35 bits per heavy atom. The first-order valence-electron chi connectivity index (χ1n) is 6.40. The molecule has 0 radical (unpaired) electrons. The van der Waals surface area contributed by atoms with Crippen molar-refractivity contribution in [3.05, 3.63) is 30.1 Å². The van der Waals surface area contributed by atoms with Crippen LogP contribution in [0.5, 0.6) is 0 Å². The van der Waals surface area contributed by atoms with Crippen molar-refractivity contribution in [3.63, 3.8) is 0 Å². The highest BCUT2D eigenvalue weighted by Crippen LogP contribution is 2.11. The van der Waals surface area contributed by atoms with Crippen LogP contribution < -0.4 is 5.32 Å². The van der Waals surface area contributed by atoms with E-state index in [-0.39, 0.29) is 19.1 Å². The Kier molecular flexibility index (Phi) is 4.89. The zero-order chi connectivity index (χ0) is 14.4. The minimum atomic E-state index is -0.942. The summed E-state index contributed by atoms with van der Waals surface area (Å²) in [5, 5.41) is 11.6. The van der Waals surface area contributed by atoms with E-state index in [0.717, 1.165) is 5.69 Å². The molecule has 2 amide bonds. The van der Waals surface area contributed by atoms with E-state index in [4.69, 9.17) is 9.84 Å². The lowest BCUT2D eigenvalue weighted by Gasteiger charge is -2.34. The van der Waals surface area contributed by atoms with Gasteiger partial charge in [0, 0.05) is 12.7 Å². The molecule has 7 nitrogen and oxygen atoms in total. The van der Waals surface area contributed by atoms with Gasteiger partial charge in [-0.1, -0.05) is 6.07 Å². The van der Waals surface area contributed by atoms with Crippen molar-refractivity contribution in [1.29, 1.82) is 0 Å². The number of carbonyl (C=O) groups is 2. The lowest BCUT2D eigenvalue weighted by Crippen LogP contribution is -2.53. The number of hydrogen-bond donors (Lipinski definition) is 2. The van der Waals surface area contributed by atoms with Gasteiger partial charge in [0.25, 0.3) is 0 Å². The molecule has 2 heterocycles. The third-order valence-electron chi connectivity index (χ3n) is 3.05. The zero-order valence-electron chi connectivity index (χ0n) is 11.0. The molecule has 108 valence electrons. The lowest BCUT2D eigenvalue weighted by atomic mass is 10.1. The van der Waals surface area contributed by atoms with Gasteiger partial charge >= 0.3 is 12.0 Å². The predicted molar refractivity (Wildman–Crippen MR) is 70.0 cm³/mol. The van der Waals surface area contributed by atoms with Crippen molar-refractivity contribution in [2.24, 2.45) is 0 Å². The van der Waals surface area contributed by atoms with E-state index in [2.05, 4.69) is 10.3 Å². The smallest absolute Gasteiger partial charge is 0.318 e. The number of carbonyl (C=O) groups excluding carboxylic acids is 1. The Hall–Kier alpha value is -2.15. The average molecular weight is 279 g/mol. The molecule has 2 N–H and O–H groups in total. The summed E-state index contributed by atoms with van der Waals surface area (Å²) >= 11 is 0. The standard InChI is InChI=1S/C13H17N3O4/c17-12(18)7-11-9-20-6-5-16(11)13(19)15-8-10-3-1-2-4-14-10/h1-4,11H,5-9H2,(H,15,19)(H,17,18). The molecule has 1 saturated heterocycles. The first kappa shape index (κ1) is 14.3. The third kappa shape index (κ3) is 3.92. The highest BCUT2D eigenvalue weighted by molar-refractivity contribution is 5.76. The number of pyridine rings is 1. The molecule has 1 atom stereocenters. The van der Waals surface area contributed by atoms with Gasteiger partial charge in [-0.05, 0) is 12.1 Å². The van der Waals surface area contributed by atoms with E-state index in [1.54, 1.807) is 12.3 Å². The normalized spacial score (nSPS) is 18.6. The molecule has 0 aliphatic carbocycles. The van der Waals surface area contributed by atoms with Crippen molar-refractivity contribution in [1.82, 2.24) is 15.2 Å². The first-order valence-corrected chi connectivity index (χ1v) is 6.40. The van der Waals surface area contributed by atoms with E-state index in [0.29, 0.717) is 19.7 Å². The van der Waals surface area contributed by atoms with Crippen LogP contribution in [0.3, 0.4) is 0 Å². The number of aliphatic carboxylic acids is 1. The minimum Gasteiger partial charge on any atom is -0.481 e. The Bertz CT molecular complexity index is 466. The molecule has 0 aromatic carbocycles. The summed E-state index contributed by atoms with van der Waals surface area (Å²) in [6.45, 7) is 1.39. The fourth-order valence-electron chi connectivity index (χ4n) is 2.06. The summed E-state index contributed by atoms with van der Waals surface area (Å²) in [4.78, 5) is 28.5. The number of carboxylic acids is 1. The number of urea groups is 1. The van der Waals surface area contributed by atoms with Crippen LogP contribution in [0.2, 0.25) is 0 Å². The van der Waals surface area contributed by atoms with Gasteiger partial charge in [-0.2, -0.15) is 0 Å². The van der Waals surface area contributed by atoms with E-state index < -0.39 is 12.0 Å². The molecule has 7 heteroatoms. The molecular weight excluding hydrogens is 262 g/mol. The molecule has 1 aromatic rings. The van der Waals surface area contributed by atoms with Gasteiger partial charge < -0.3 is 20.1 Å². The van der Waals surface area contributed by atoms with Gasteiger partial charge in [0.1, 0.15) is 0 Å². The van der Waals surface area contributed by atoms with Crippen molar-refractivity contribution in [2.75, 3.05) is 19.8 Å². The Morgan fingerprint density at radius 1 is 1.50 bits per heavy atom. The molecule has 0 spiro atoms. The summed E-state index contributed by atoms with van der Waals surface area (Å²) in [7, 11) is 0. The van der Waals surface area contributed by atoms with Crippen LogP contribution in [0, 0.1) is 0 Å². The van der Waals surface area contributed by atoms with Crippen molar-refractivity contribution in [2.45, 2.75) is 19.0 Å². The van der Waals surface area contributed by atoms with Gasteiger partial charge in [0.15, 0.2) is 0 Å². The number of aromatic nitrogens is 1. The van der Waals surface area contributed by atoms with Gasteiger partial charge in [0.2, 0.25) is 0 Å². The van der Waals surface area contributed by atoms with Gasteiger partial charge in [0.05, 0.1) is 37.9 Å². The molecule has 0 bridgehead atoms. The fraction of sp³-hybridized carbons (Fsp3) is 0.462. The van der Waals surface area contributed by atoms with E-state index in [9.17, 15) is 9.59 Å². The second-order valence-corrected chi connectivity index (χ2v) is 4.50. The molecule has 1 aromatic heterocycles. The third-order valence-corrected chi connectivity index (χ3v) is 3.05. The molecule has 1 unspecified atom stereocenters. The summed E-state index contributed by atoms with van der Waals surface area (Å²) in [6, 6.07) is 4.75. The highest BCUT2D eigenvalue weighted by Gasteiger charge is 2.28. The molecule has 2 rings (SSSR count). The van der Waals surface area contributed by atoms with E-state index in [1.165, 1.54) is 4.90 Å². The number of rotatable bonds is 4. The van der Waals surface area contributed by atoms with Crippen LogP contribution in [-0.2, 0) is 16.1 Å². The summed E-state index contributed by atoms with van der Waals surface area (Å²) in [5.41, 5.74) is 0.754. The quantitative estimate of drug-likeness (QED) is 0.835. The van der Waals surface area contributed by atoms with Crippen LogP contribution in [-0.4, -0.2) is 52.8 Å². The molecule has 1 fully saturated rings. The number of morpholine rings is 1. The molecule has 1 aliphatic rings. The summed E-state index contributed by atoms with van der Waals surface area (Å²) < 4.78 is 5.23. The Labute approximate surface area is 116 Å². The van der Waals surface area contributed by atoms with E-state index >= 15 is 0 Å². The van der Waals surface area contributed by atoms with Gasteiger partial charge in [-0.3, -0.25) is 9.78 Å². The maximum absolute atomic E-state index is 12.1. The number of ether oxygens (including phenoxy) is 1.